The number of likely N-dealkylation sites (tertiary alicyclic amines) is 1. The van der Waals surface area contributed by atoms with Crippen LogP contribution in [0.2, 0.25) is 0 Å². The van der Waals surface area contributed by atoms with Crippen LogP contribution in [-0.2, 0) is 42.7 Å². The normalized spacial score (nSPS) is 47.4. The van der Waals surface area contributed by atoms with Crippen molar-refractivity contribution < 1.29 is 57.8 Å². The van der Waals surface area contributed by atoms with Crippen LogP contribution >= 0.6 is 0 Å². The van der Waals surface area contributed by atoms with E-state index in [4.69, 9.17) is 33.2 Å². The lowest BCUT2D eigenvalue weighted by atomic mass is 9.42. The van der Waals surface area contributed by atoms with Crippen LogP contribution in [0.25, 0.3) is 0 Å². The van der Waals surface area contributed by atoms with Gasteiger partial charge in [0.2, 0.25) is 0 Å². The van der Waals surface area contributed by atoms with Crippen molar-refractivity contribution in [2.75, 3.05) is 48.1 Å². The highest BCUT2D eigenvalue weighted by molar-refractivity contribution is 5.89. The Balaban J connectivity index is 1.53. The largest absolute Gasteiger partial charge is 0.462 e. The molecule has 1 aromatic carbocycles. The molecule has 0 amide bonds. The van der Waals surface area contributed by atoms with Gasteiger partial charge in [0.1, 0.15) is 30.0 Å². The number of aliphatic hydroxyl groups excluding tert-OH is 1. The number of piperidine rings is 1. The first kappa shape index (κ1) is 34.8. The molecule has 1 aliphatic heterocycles. The van der Waals surface area contributed by atoms with E-state index in [2.05, 4.69) is 4.90 Å². The molecule has 1 saturated heterocycles. The van der Waals surface area contributed by atoms with Gasteiger partial charge in [-0.25, -0.2) is 4.79 Å². The quantitative estimate of drug-likeness (QED) is 0.267. The topological polar surface area (TPSA) is 160 Å². The number of methoxy groups -OCH3 is 4. The number of rotatable bonds is 10. The molecule has 1 spiro atoms. The molecule has 5 saturated carbocycles. The van der Waals surface area contributed by atoms with Crippen molar-refractivity contribution in [3.8, 4) is 0 Å². The Morgan fingerprint density at radius 1 is 0.918 bits per heavy atom. The number of fused-ring (bicyclic) bond motifs is 2. The first-order chi connectivity index (χ1) is 23.4. The third kappa shape index (κ3) is 4.21. The lowest BCUT2D eigenvalue weighted by Gasteiger charge is -2.70. The number of hydrogen-bond donors (Lipinski definition) is 2. The van der Waals surface area contributed by atoms with Gasteiger partial charge in [-0.05, 0) is 31.0 Å². The fraction of sp³-hybridized carbons (Fsp3) is 0.750. The third-order valence-electron chi connectivity index (χ3n) is 13.4. The second-order valence-electron chi connectivity index (χ2n) is 15.0. The lowest BCUT2D eigenvalue weighted by Crippen LogP contribution is -2.81. The van der Waals surface area contributed by atoms with Crippen molar-refractivity contribution in [3.05, 3.63) is 35.9 Å². The number of hydrogen-bond acceptors (Lipinski definition) is 13. The van der Waals surface area contributed by atoms with Crippen molar-refractivity contribution in [1.29, 1.82) is 0 Å². The van der Waals surface area contributed by atoms with Crippen LogP contribution in [0.5, 0.6) is 0 Å². The van der Waals surface area contributed by atoms with E-state index in [9.17, 15) is 24.6 Å². The van der Waals surface area contributed by atoms with Gasteiger partial charge >= 0.3 is 17.9 Å². The number of esters is 3. The predicted molar refractivity (Wildman–Crippen MR) is 170 cm³/mol. The maximum absolute atomic E-state index is 13.8. The molecular formula is C36H49NO12. The van der Waals surface area contributed by atoms with Gasteiger partial charge in [-0.2, -0.15) is 0 Å². The first-order valence-corrected chi connectivity index (χ1v) is 17.2. The molecule has 270 valence electrons. The molecule has 7 bridgehead atoms. The molecular weight excluding hydrogens is 638 g/mol. The van der Waals surface area contributed by atoms with E-state index >= 15 is 0 Å². The summed E-state index contributed by atoms with van der Waals surface area (Å²) in [7, 11) is 6.25. The van der Waals surface area contributed by atoms with Crippen LogP contribution in [0.4, 0.5) is 0 Å². The number of ether oxygens (including phenoxy) is 7. The van der Waals surface area contributed by atoms with E-state index in [-0.39, 0.29) is 24.6 Å². The summed E-state index contributed by atoms with van der Waals surface area (Å²) in [5.74, 6) is -4.24. The minimum absolute atomic E-state index is 0.0534. The molecule has 1 heterocycles. The summed E-state index contributed by atoms with van der Waals surface area (Å²) in [4.78, 5) is 42.2. The van der Waals surface area contributed by atoms with Gasteiger partial charge in [-0.15, -0.1) is 0 Å². The first-order valence-electron chi connectivity index (χ1n) is 17.2. The summed E-state index contributed by atoms with van der Waals surface area (Å²) < 4.78 is 43.9. The number of benzene rings is 1. The van der Waals surface area contributed by atoms with Crippen molar-refractivity contribution in [2.24, 2.45) is 34.5 Å². The van der Waals surface area contributed by atoms with Crippen LogP contribution in [-0.4, -0.2) is 135 Å². The molecule has 49 heavy (non-hydrogen) atoms. The third-order valence-corrected chi connectivity index (χ3v) is 13.4. The summed E-state index contributed by atoms with van der Waals surface area (Å²) in [5.41, 5.74) is -4.92. The highest BCUT2D eigenvalue weighted by Gasteiger charge is 2.92. The van der Waals surface area contributed by atoms with Crippen LogP contribution in [0.15, 0.2) is 30.3 Å². The minimum atomic E-state index is -1.86. The van der Waals surface area contributed by atoms with E-state index in [0.717, 1.165) is 0 Å². The number of carbonyl (C=O) groups is 3. The van der Waals surface area contributed by atoms with Crippen LogP contribution < -0.4 is 0 Å². The molecule has 15 atom stereocenters. The van der Waals surface area contributed by atoms with Crippen molar-refractivity contribution in [2.45, 2.75) is 87.5 Å². The standard InChI is InChI=1S/C36H49NO12/c1-8-37-16-33(17-43-4)22(47-18(2)38)14-23(44-5)35-21-15-34(42)30(48-32(41)20-12-10-9-11-13-20)24(21)36(49-19(3)39,29(40)31(34)46-7)25(28(35)37)26(45-6)27(33)35/h9-13,21-31,40,42H,8,14-17H2,1-7H3/t21-,22?,23?,24-,25?,26+,27-,28+,29?,30-,31+,33?,34-,35?,36-/m1/s1. The molecule has 1 aromatic rings. The average Bonchev–Trinajstić information content (AvgIpc) is 3.44. The molecule has 2 N–H and O–H groups in total. The van der Waals surface area contributed by atoms with E-state index in [1.54, 1.807) is 51.7 Å². The van der Waals surface area contributed by atoms with Gasteiger partial charge in [0.05, 0.1) is 24.4 Å². The Labute approximate surface area is 286 Å². The summed E-state index contributed by atoms with van der Waals surface area (Å²) in [6.45, 7) is 5.99. The van der Waals surface area contributed by atoms with Gasteiger partial charge in [-0.1, -0.05) is 25.1 Å². The second-order valence-corrected chi connectivity index (χ2v) is 15.0. The summed E-state index contributed by atoms with van der Waals surface area (Å²) in [5, 5.41) is 25.5. The van der Waals surface area contributed by atoms with Gasteiger partial charge in [0, 0.05) is 89.9 Å². The molecule has 0 aromatic heterocycles. The summed E-state index contributed by atoms with van der Waals surface area (Å²) in [6, 6.07) is 8.12. The lowest BCUT2D eigenvalue weighted by molar-refractivity contribution is -0.322. The average molecular weight is 688 g/mol. The molecule has 13 nitrogen and oxygen atoms in total. The monoisotopic (exact) mass is 687 g/mol. The maximum atomic E-state index is 13.8. The zero-order chi connectivity index (χ0) is 35.3. The zero-order valence-corrected chi connectivity index (χ0v) is 29.2. The summed E-state index contributed by atoms with van der Waals surface area (Å²) in [6.07, 6.45) is -5.45. The van der Waals surface area contributed by atoms with E-state index in [1.807, 2.05) is 6.92 Å². The Hall–Kier alpha value is -2.65. The van der Waals surface area contributed by atoms with Crippen LogP contribution in [0, 0.1) is 34.5 Å². The molecule has 7 rings (SSSR count). The van der Waals surface area contributed by atoms with Crippen LogP contribution in [0.3, 0.4) is 0 Å². The Kier molecular flexibility index (Phi) is 8.49. The fourth-order valence-electron chi connectivity index (χ4n) is 12.7. The molecule has 6 fully saturated rings. The number of carbonyl (C=O) groups excluding carboxylic acids is 3. The zero-order valence-electron chi connectivity index (χ0n) is 29.2. The Morgan fingerprint density at radius 2 is 1.63 bits per heavy atom. The van der Waals surface area contributed by atoms with Gasteiger partial charge in [0.25, 0.3) is 0 Å². The highest BCUT2D eigenvalue weighted by atomic mass is 16.6. The van der Waals surface area contributed by atoms with Gasteiger partial charge in [-0.3, -0.25) is 14.5 Å². The minimum Gasteiger partial charge on any atom is -0.462 e. The molecule has 13 heteroatoms. The van der Waals surface area contributed by atoms with E-state index in [1.165, 1.54) is 21.0 Å². The van der Waals surface area contributed by atoms with E-state index in [0.29, 0.717) is 19.5 Å². The summed E-state index contributed by atoms with van der Waals surface area (Å²) >= 11 is 0. The molecule has 6 aliphatic rings. The molecule has 0 radical (unpaired) electrons. The highest BCUT2D eigenvalue weighted by Crippen LogP contribution is 2.80. The number of aliphatic hydroxyl groups is 2. The van der Waals surface area contributed by atoms with Crippen molar-refractivity contribution in [3.63, 3.8) is 0 Å². The van der Waals surface area contributed by atoms with Gasteiger partial charge in [0.15, 0.2) is 5.60 Å². The Morgan fingerprint density at radius 3 is 2.20 bits per heavy atom. The SMILES string of the molecule is CCN1CC2(COC)C(OC(C)=O)CC(OC)C34[C@@H]5C[C@@]6(O)[C@H](OC(=O)c7ccccc7)[C@@H]5[C@@](OC(C)=O)(C([C@H]13)[C@H](OC)[C@H]24)C(O)[C@@H]6OC. The van der Waals surface area contributed by atoms with E-state index < -0.39 is 100 Å². The molecule has 6 unspecified atom stereocenters. The second kappa shape index (κ2) is 12.0. The van der Waals surface area contributed by atoms with Crippen molar-refractivity contribution >= 4 is 17.9 Å². The Bertz CT molecular complexity index is 1480. The van der Waals surface area contributed by atoms with Crippen molar-refractivity contribution in [1.82, 2.24) is 4.90 Å². The molecule has 5 aliphatic carbocycles. The smallest absolute Gasteiger partial charge is 0.338 e. The maximum Gasteiger partial charge on any atom is 0.338 e. The number of nitrogens with zero attached hydrogens (tertiary/aromatic N) is 1. The fourth-order valence-corrected chi connectivity index (χ4v) is 12.7. The van der Waals surface area contributed by atoms with Gasteiger partial charge < -0.3 is 43.4 Å². The van der Waals surface area contributed by atoms with Crippen LogP contribution in [0.1, 0.15) is 44.0 Å². The predicted octanol–water partition coefficient (Wildman–Crippen LogP) is 1.22.